The fraction of sp³-hybridized carbons (Fsp3) is 0.182. The third kappa shape index (κ3) is 2.42. The van der Waals surface area contributed by atoms with Gasteiger partial charge in [-0.2, -0.15) is 18.3 Å². The van der Waals surface area contributed by atoms with Crippen LogP contribution in [-0.2, 0) is 12.7 Å². The Bertz CT molecular complexity index is 460. The van der Waals surface area contributed by atoms with Crippen molar-refractivity contribution in [1.29, 1.82) is 0 Å². The van der Waals surface area contributed by atoms with Crippen molar-refractivity contribution >= 4 is 0 Å². The van der Waals surface area contributed by atoms with Crippen LogP contribution in [0.1, 0.15) is 11.3 Å². The fourth-order valence-corrected chi connectivity index (χ4v) is 1.31. The monoisotopic (exact) mass is 225 g/mol. The zero-order valence-corrected chi connectivity index (χ0v) is 8.20. The zero-order valence-electron chi connectivity index (χ0n) is 8.20. The van der Waals surface area contributed by atoms with Crippen LogP contribution in [-0.4, -0.2) is 9.78 Å². The van der Waals surface area contributed by atoms with Crippen LogP contribution in [0.15, 0.2) is 36.5 Å². The van der Waals surface area contributed by atoms with Crippen LogP contribution >= 0.6 is 0 Å². The Balaban J connectivity index is 2.15. The first-order valence-corrected chi connectivity index (χ1v) is 4.62. The van der Waals surface area contributed by atoms with E-state index in [1.54, 1.807) is 0 Å². The van der Waals surface area contributed by atoms with Gasteiger partial charge in [-0.1, -0.05) is 30.3 Å². The van der Waals surface area contributed by atoms with Crippen molar-refractivity contribution < 1.29 is 13.2 Å². The number of hydrogen-bond donors (Lipinski definition) is 0. The lowest BCUT2D eigenvalue weighted by atomic mass is 10.2. The molecule has 0 spiro atoms. The summed E-state index contributed by atoms with van der Waals surface area (Å²) in [7, 11) is 0. The van der Waals surface area contributed by atoms with Crippen molar-refractivity contribution in [3.63, 3.8) is 0 Å². The van der Waals surface area contributed by atoms with E-state index in [2.05, 4.69) is 11.2 Å². The minimum absolute atomic E-state index is 0.313. The van der Waals surface area contributed by atoms with Crippen LogP contribution in [0.5, 0.6) is 0 Å². The number of hydrogen-bond acceptors (Lipinski definition) is 1. The number of halogens is 3. The summed E-state index contributed by atoms with van der Waals surface area (Å²) in [5, 5.41) is 3.41. The first-order chi connectivity index (χ1) is 7.55. The van der Waals surface area contributed by atoms with Gasteiger partial charge in [0.25, 0.3) is 0 Å². The van der Waals surface area contributed by atoms with Crippen LogP contribution in [0.2, 0.25) is 0 Å². The van der Waals surface area contributed by atoms with Gasteiger partial charge >= 0.3 is 6.18 Å². The molecule has 16 heavy (non-hydrogen) atoms. The molecule has 0 bridgehead atoms. The average Bonchev–Trinajstić information content (AvgIpc) is 2.67. The summed E-state index contributed by atoms with van der Waals surface area (Å²) < 4.78 is 37.9. The molecule has 0 aliphatic heterocycles. The summed E-state index contributed by atoms with van der Waals surface area (Å²) in [5.74, 6) is 0. The van der Waals surface area contributed by atoms with Gasteiger partial charge < -0.3 is 0 Å². The summed E-state index contributed by atoms with van der Waals surface area (Å²) >= 11 is 0. The summed E-state index contributed by atoms with van der Waals surface area (Å²) in [5.41, 5.74) is -0.0869. The maximum Gasteiger partial charge on any atom is 0.435 e. The maximum atomic E-state index is 12.2. The van der Waals surface area contributed by atoms with E-state index in [1.165, 1.54) is 10.9 Å². The number of aromatic nitrogens is 2. The number of alkyl halides is 3. The molecule has 2 rings (SSSR count). The molecule has 1 heterocycles. The van der Waals surface area contributed by atoms with Crippen LogP contribution < -0.4 is 0 Å². The van der Waals surface area contributed by atoms with E-state index in [-0.39, 0.29) is 0 Å². The van der Waals surface area contributed by atoms with Crippen molar-refractivity contribution in [2.24, 2.45) is 0 Å². The smallest absolute Gasteiger partial charge is 0.267 e. The topological polar surface area (TPSA) is 17.8 Å². The van der Waals surface area contributed by atoms with Crippen molar-refractivity contribution in [1.82, 2.24) is 9.78 Å². The van der Waals surface area contributed by atoms with Gasteiger partial charge in [0.05, 0.1) is 6.54 Å². The highest BCUT2D eigenvalue weighted by molar-refractivity contribution is 5.15. The molecule has 0 aliphatic rings. The molecule has 1 radical (unpaired) electrons. The number of rotatable bonds is 2. The molecule has 0 saturated heterocycles. The van der Waals surface area contributed by atoms with E-state index < -0.39 is 11.9 Å². The van der Waals surface area contributed by atoms with E-state index in [0.717, 1.165) is 5.56 Å². The third-order valence-corrected chi connectivity index (χ3v) is 2.03. The Morgan fingerprint density at radius 3 is 2.44 bits per heavy atom. The van der Waals surface area contributed by atoms with Gasteiger partial charge in [-0.25, -0.2) is 0 Å². The van der Waals surface area contributed by atoms with Gasteiger partial charge in [-0.15, -0.1) is 0 Å². The van der Waals surface area contributed by atoms with Gasteiger partial charge in [-0.05, 0) is 5.56 Å². The second kappa shape index (κ2) is 4.00. The van der Waals surface area contributed by atoms with Crippen LogP contribution in [0, 0.1) is 6.07 Å². The number of nitrogens with zero attached hydrogens (tertiary/aromatic N) is 2. The fourth-order valence-electron chi connectivity index (χ4n) is 1.31. The highest BCUT2D eigenvalue weighted by Crippen LogP contribution is 2.26. The number of benzene rings is 1. The molecule has 1 aromatic carbocycles. The molecule has 0 fully saturated rings. The van der Waals surface area contributed by atoms with E-state index >= 15 is 0 Å². The van der Waals surface area contributed by atoms with Crippen LogP contribution in [0.4, 0.5) is 13.2 Å². The quantitative estimate of drug-likeness (QED) is 0.768. The normalized spacial score (nSPS) is 11.7. The first-order valence-electron chi connectivity index (χ1n) is 4.62. The highest BCUT2D eigenvalue weighted by atomic mass is 19.4. The zero-order chi connectivity index (χ0) is 11.6. The molecule has 0 atom stereocenters. The highest BCUT2D eigenvalue weighted by Gasteiger charge is 2.33. The van der Waals surface area contributed by atoms with Gasteiger partial charge in [0.15, 0.2) is 5.69 Å². The molecule has 5 heteroatoms. The predicted molar refractivity (Wildman–Crippen MR) is 51.6 cm³/mol. The Morgan fingerprint density at radius 1 is 1.19 bits per heavy atom. The van der Waals surface area contributed by atoms with Gasteiger partial charge in [0, 0.05) is 12.3 Å². The predicted octanol–water partition coefficient (Wildman–Crippen LogP) is 2.75. The Kier molecular flexibility index (Phi) is 2.68. The van der Waals surface area contributed by atoms with Crippen molar-refractivity contribution in [3.8, 4) is 0 Å². The lowest BCUT2D eigenvalue weighted by molar-refractivity contribution is -0.141. The Labute approximate surface area is 90.3 Å². The molecule has 1 aromatic heterocycles. The summed E-state index contributed by atoms with van der Waals surface area (Å²) in [6, 6.07) is 11.2. The second-order valence-corrected chi connectivity index (χ2v) is 3.30. The van der Waals surface area contributed by atoms with Gasteiger partial charge in [0.1, 0.15) is 0 Å². The van der Waals surface area contributed by atoms with E-state index in [1.807, 2.05) is 30.3 Å². The van der Waals surface area contributed by atoms with E-state index in [0.29, 0.717) is 6.54 Å². The molecule has 2 nitrogen and oxygen atoms in total. The summed E-state index contributed by atoms with van der Waals surface area (Å²) in [6.45, 7) is 0.313. The first kappa shape index (κ1) is 10.7. The van der Waals surface area contributed by atoms with Crippen molar-refractivity contribution in [3.05, 3.63) is 53.9 Å². The SMILES string of the molecule is FC(F)(F)c1[c]cn(Cc2ccccc2)n1. The van der Waals surface area contributed by atoms with Crippen LogP contribution in [0.25, 0.3) is 0 Å². The van der Waals surface area contributed by atoms with Crippen LogP contribution in [0.3, 0.4) is 0 Å². The molecule has 0 aliphatic carbocycles. The van der Waals surface area contributed by atoms with E-state index in [9.17, 15) is 13.2 Å². The molecule has 2 aromatic rings. The van der Waals surface area contributed by atoms with Gasteiger partial charge in [-0.3, -0.25) is 4.68 Å². The molecular weight excluding hydrogens is 217 g/mol. The molecule has 0 saturated carbocycles. The van der Waals surface area contributed by atoms with Gasteiger partial charge in [0.2, 0.25) is 0 Å². The molecule has 0 unspecified atom stereocenters. The summed E-state index contributed by atoms with van der Waals surface area (Å²) in [4.78, 5) is 0. The second-order valence-electron chi connectivity index (χ2n) is 3.30. The Hall–Kier alpha value is -1.78. The van der Waals surface area contributed by atoms with Crippen molar-refractivity contribution in [2.75, 3.05) is 0 Å². The maximum absolute atomic E-state index is 12.2. The minimum Gasteiger partial charge on any atom is -0.267 e. The average molecular weight is 225 g/mol. The van der Waals surface area contributed by atoms with E-state index in [4.69, 9.17) is 0 Å². The lowest BCUT2D eigenvalue weighted by Gasteiger charge is -2.02. The molecule has 0 N–H and O–H groups in total. The van der Waals surface area contributed by atoms with Crippen molar-refractivity contribution in [2.45, 2.75) is 12.7 Å². The summed E-state index contributed by atoms with van der Waals surface area (Å²) in [6.07, 6.45) is -3.22. The third-order valence-electron chi connectivity index (χ3n) is 2.03. The molecule has 0 amide bonds. The standard InChI is InChI=1S/C11H8F3N2/c12-11(13,14)10-6-7-16(15-10)8-9-4-2-1-3-5-9/h1-5,7H,8H2. The largest absolute Gasteiger partial charge is 0.435 e. The lowest BCUT2D eigenvalue weighted by Crippen LogP contribution is -2.08. The molecular formula is C11H8F3N2. The Morgan fingerprint density at radius 2 is 1.88 bits per heavy atom. The minimum atomic E-state index is -4.43. The molecule has 83 valence electrons.